The lowest BCUT2D eigenvalue weighted by atomic mass is 10.2. The molecule has 3 aromatic carbocycles. The van der Waals surface area contributed by atoms with Crippen molar-refractivity contribution in [1.29, 1.82) is 0 Å². The molecule has 0 spiro atoms. The molecule has 0 radical (unpaired) electrons. The highest BCUT2D eigenvalue weighted by molar-refractivity contribution is 6.39. The van der Waals surface area contributed by atoms with Gasteiger partial charge < -0.3 is 24.3 Å². The van der Waals surface area contributed by atoms with Crippen LogP contribution in [-0.4, -0.2) is 44.8 Å². The second-order valence-electron chi connectivity index (χ2n) is 7.56. The van der Waals surface area contributed by atoms with E-state index in [0.29, 0.717) is 34.9 Å². The van der Waals surface area contributed by atoms with Crippen LogP contribution in [0.4, 0.5) is 5.69 Å². The van der Waals surface area contributed by atoms with Crippen molar-refractivity contribution in [3.05, 3.63) is 77.9 Å². The zero-order chi connectivity index (χ0) is 26.6. The first-order valence-corrected chi connectivity index (χ1v) is 11.3. The molecule has 3 aromatic rings. The van der Waals surface area contributed by atoms with Crippen LogP contribution in [0.2, 0.25) is 0 Å². The molecular weight excluding hydrogens is 478 g/mol. The predicted octanol–water partition coefficient (Wildman–Crippen LogP) is 3.80. The monoisotopic (exact) mass is 505 g/mol. The number of ether oxygens (including phenoxy) is 4. The molecule has 0 aromatic heterocycles. The highest BCUT2D eigenvalue weighted by Crippen LogP contribution is 2.28. The Hall–Kier alpha value is -4.86. The number of carbonyl (C=O) groups excluding carboxylic acids is 3. The molecule has 3 rings (SSSR count). The van der Waals surface area contributed by atoms with Gasteiger partial charge in [-0.25, -0.2) is 10.2 Å². The third-order valence-electron chi connectivity index (χ3n) is 4.87. The Morgan fingerprint density at radius 1 is 0.865 bits per heavy atom. The fraction of sp³-hybridized carbons (Fsp3) is 0.185. The van der Waals surface area contributed by atoms with Gasteiger partial charge in [0, 0.05) is 11.8 Å². The molecule has 2 N–H and O–H groups in total. The van der Waals surface area contributed by atoms with Crippen LogP contribution in [0.1, 0.15) is 29.3 Å². The second-order valence-corrected chi connectivity index (χ2v) is 7.56. The minimum atomic E-state index is -0.956. The van der Waals surface area contributed by atoms with E-state index in [-0.39, 0.29) is 11.5 Å². The van der Waals surface area contributed by atoms with E-state index in [0.717, 1.165) is 6.42 Å². The normalized spacial score (nSPS) is 10.5. The molecule has 2 amide bonds. The molecule has 0 saturated heterocycles. The summed E-state index contributed by atoms with van der Waals surface area (Å²) in [5.41, 5.74) is 3.44. The Balaban J connectivity index is 1.57. The van der Waals surface area contributed by atoms with E-state index in [1.165, 1.54) is 26.5 Å². The number of nitrogens with one attached hydrogen (secondary N) is 2. The van der Waals surface area contributed by atoms with Crippen LogP contribution in [-0.2, 0) is 9.59 Å². The Morgan fingerprint density at radius 3 is 2.35 bits per heavy atom. The molecule has 0 bridgehead atoms. The Morgan fingerprint density at radius 2 is 1.65 bits per heavy atom. The van der Waals surface area contributed by atoms with Gasteiger partial charge in [0.15, 0.2) is 11.5 Å². The number of methoxy groups -OCH3 is 2. The predicted molar refractivity (Wildman–Crippen MR) is 138 cm³/mol. The summed E-state index contributed by atoms with van der Waals surface area (Å²) in [6.45, 7) is 2.60. The summed E-state index contributed by atoms with van der Waals surface area (Å²) >= 11 is 0. The highest BCUT2D eigenvalue weighted by atomic mass is 16.6. The van der Waals surface area contributed by atoms with Crippen molar-refractivity contribution >= 4 is 29.7 Å². The topological polar surface area (TPSA) is 125 Å². The van der Waals surface area contributed by atoms with Gasteiger partial charge in [-0.15, -0.1) is 0 Å². The average molecular weight is 506 g/mol. The maximum absolute atomic E-state index is 12.5. The Labute approximate surface area is 214 Å². The summed E-state index contributed by atoms with van der Waals surface area (Å²) in [4.78, 5) is 36.6. The number of hydrogen-bond donors (Lipinski definition) is 2. The van der Waals surface area contributed by atoms with Gasteiger partial charge in [-0.1, -0.05) is 13.0 Å². The number of rotatable bonds is 10. The van der Waals surface area contributed by atoms with Crippen LogP contribution in [0.5, 0.6) is 23.0 Å². The van der Waals surface area contributed by atoms with E-state index in [1.54, 1.807) is 60.7 Å². The molecule has 0 aliphatic heterocycles. The van der Waals surface area contributed by atoms with Crippen molar-refractivity contribution in [1.82, 2.24) is 5.43 Å². The quantitative estimate of drug-likeness (QED) is 0.141. The lowest BCUT2D eigenvalue weighted by Crippen LogP contribution is -2.32. The number of amides is 2. The third-order valence-corrected chi connectivity index (χ3v) is 4.87. The fourth-order valence-corrected chi connectivity index (χ4v) is 3.02. The molecule has 0 heterocycles. The lowest BCUT2D eigenvalue weighted by Gasteiger charge is -2.10. The van der Waals surface area contributed by atoms with Gasteiger partial charge in [-0.05, 0) is 66.6 Å². The molecule has 0 aliphatic carbocycles. The first-order valence-electron chi connectivity index (χ1n) is 11.3. The summed E-state index contributed by atoms with van der Waals surface area (Å²) in [6, 6.07) is 17.9. The minimum Gasteiger partial charge on any atom is -0.497 e. The molecule has 0 aliphatic rings. The van der Waals surface area contributed by atoms with E-state index in [9.17, 15) is 14.4 Å². The number of hydrazone groups is 1. The van der Waals surface area contributed by atoms with Gasteiger partial charge in [0.1, 0.15) is 11.5 Å². The fourth-order valence-electron chi connectivity index (χ4n) is 3.02. The van der Waals surface area contributed by atoms with Crippen LogP contribution >= 0.6 is 0 Å². The second kappa shape index (κ2) is 13.3. The molecule has 0 unspecified atom stereocenters. The summed E-state index contributed by atoms with van der Waals surface area (Å²) in [6.07, 6.45) is 2.20. The third kappa shape index (κ3) is 7.82. The van der Waals surface area contributed by atoms with E-state index < -0.39 is 17.8 Å². The average Bonchev–Trinajstić information content (AvgIpc) is 2.92. The van der Waals surface area contributed by atoms with Crippen molar-refractivity contribution in [2.45, 2.75) is 13.3 Å². The van der Waals surface area contributed by atoms with Crippen LogP contribution in [0.25, 0.3) is 0 Å². The molecular formula is C27H27N3O7. The lowest BCUT2D eigenvalue weighted by molar-refractivity contribution is -0.136. The molecule has 10 heteroatoms. The maximum Gasteiger partial charge on any atom is 0.343 e. The molecule has 0 fully saturated rings. The molecule has 37 heavy (non-hydrogen) atoms. The number of esters is 1. The summed E-state index contributed by atoms with van der Waals surface area (Å²) in [7, 11) is 2.93. The number of anilines is 1. The van der Waals surface area contributed by atoms with Crippen molar-refractivity contribution < 1.29 is 33.3 Å². The number of hydrogen-bond acceptors (Lipinski definition) is 8. The maximum atomic E-state index is 12.5. The zero-order valence-corrected chi connectivity index (χ0v) is 20.6. The zero-order valence-electron chi connectivity index (χ0n) is 20.6. The van der Waals surface area contributed by atoms with Gasteiger partial charge in [-0.2, -0.15) is 5.10 Å². The van der Waals surface area contributed by atoms with Crippen molar-refractivity contribution in [2.24, 2.45) is 5.10 Å². The highest BCUT2D eigenvalue weighted by Gasteiger charge is 2.15. The van der Waals surface area contributed by atoms with Gasteiger partial charge in [0.2, 0.25) is 0 Å². The Kier molecular flexibility index (Phi) is 9.60. The van der Waals surface area contributed by atoms with Gasteiger partial charge >= 0.3 is 17.8 Å². The van der Waals surface area contributed by atoms with Gasteiger partial charge in [0.05, 0.1) is 32.6 Å². The van der Waals surface area contributed by atoms with E-state index in [2.05, 4.69) is 15.8 Å². The minimum absolute atomic E-state index is 0.206. The SMILES string of the molecule is CCCOc1ccc(C(=O)Oc2ccc(C=NNC(=O)C(=O)Nc3cccc(OC)c3)cc2OC)cc1. The molecule has 192 valence electrons. The number of nitrogens with zero attached hydrogens (tertiary/aromatic N) is 1. The summed E-state index contributed by atoms with van der Waals surface area (Å²) in [5, 5.41) is 6.25. The molecule has 10 nitrogen and oxygen atoms in total. The number of benzene rings is 3. The van der Waals surface area contributed by atoms with Crippen LogP contribution < -0.4 is 29.7 Å². The van der Waals surface area contributed by atoms with Crippen molar-refractivity contribution in [3.8, 4) is 23.0 Å². The standard InChI is InChI=1S/C27H27N3O7/c1-4-14-36-21-11-9-19(10-12-21)27(33)37-23-13-8-18(15-24(23)35-3)17-28-30-26(32)25(31)29-20-6-5-7-22(16-20)34-2/h5-13,15-17H,4,14H2,1-3H3,(H,29,31)(H,30,32). The van der Waals surface area contributed by atoms with E-state index in [4.69, 9.17) is 18.9 Å². The van der Waals surface area contributed by atoms with Crippen LogP contribution in [0, 0.1) is 0 Å². The first kappa shape index (κ1) is 26.7. The smallest absolute Gasteiger partial charge is 0.343 e. The van der Waals surface area contributed by atoms with Crippen molar-refractivity contribution in [3.63, 3.8) is 0 Å². The van der Waals surface area contributed by atoms with E-state index >= 15 is 0 Å². The Bertz CT molecular complexity index is 1270. The molecule has 0 atom stereocenters. The largest absolute Gasteiger partial charge is 0.497 e. The van der Waals surface area contributed by atoms with Gasteiger partial charge in [-0.3, -0.25) is 9.59 Å². The van der Waals surface area contributed by atoms with Crippen LogP contribution in [0.15, 0.2) is 71.8 Å². The van der Waals surface area contributed by atoms with Crippen LogP contribution in [0.3, 0.4) is 0 Å². The first-order chi connectivity index (χ1) is 17.9. The van der Waals surface area contributed by atoms with Gasteiger partial charge in [0.25, 0.3) is 0 Å². The summed E-state index contributed by atoms with van der Waals surface area (Å²) in [5.74, 6) is -0.715. The summed E-state index contributed by atoms with van der Waals surface area (Å²) < 4.78 is 21.4. The van der Waals surface area contributed by atoms with E-state index in [1.807, 2.05) is 6.92 Å². The van der Waals surface area contributed by atoms with Crippen molar-refractivity contribution in [2.75, 3.05) is 26.1 Å². The number of carbonyl (C=O) groups is 3. The molecule has 0 saturated carbocycles.